The minimum absolute atomic E-state index is 0.371. The summed E-state index contributed by atoms with van der Waals surface area (Å²) in [6.45, 7) is 4.85. The summed E-state index contributed by atoms with van der Waals surface area (Å²) in [5, 5.41) is 0.833. The molecule has 0 saturated carbocycles. The molecule has 0 aromatic carbocycles. The number of aromatic nitrogens is 1. The van der Waals surface area contributed by atoms with E-state index in [1.165, 1.54) is 0 Å². The van der Waals surface area contributed by atoms with Gasteiger partial charge in [-0.3, -0.25) is 4.90 Å². The SMILES string of the molecule is Clc1ccnc(OCCN2CCOCC2)c1Cl. The zero-order chi connectivity index (χ0) is 12.1. The minimum atomic E-state index is 0.371. The number of pyridine rings is 1. The average Bonchev–Trinajstić information content (AvgIpc) is 2.36. The van der Waals surface area contributed by atoms with Gasteiger partial charge in [-0.1, -0.05) is 23.2 Å². The standard InChI is InChI=1S/C11H14Cl2N2O2/c12-9-1-2-14-11(10(9)13)17-8-5-15-3-6-16-7-4-15/h1-2H,3-8H2. The van der Waals surface area contributed by atoms with Gasteiger partial charge < -0.3 is 9.47 Å². The van der Waals surface area contributed by atoms with Gasteiger partial charge in [0.05, 0.1) is 18.2 Å². The summed E-state index contributed by atoms with van der Waals surface area (Å²) in [6.07, 6.45) is 1.58. The number of morpholine rings is 1. The molecule has 0 aliphatic carbocycles. The van der Waals surface area contributed by atoms with Crippen LogP contribution in [0.25, 0.3) is 0 Å². The Kier molecular flexibility index (Phi) is 4.86. The van der Waals surface area contributed by atoms with Crippen molar-refractivity contribution in [3.8, 4) is 5.88 Å². The molecule has 2 rings (SSSR count). The van der Waals surface area contributed by atoms with Crippen molar-refractivity contribution in [3.05, 3.63) is 22.3 Å². The molecule has 0 bridgehead atoms. The number of halogens is 2. The predicted octanol–water partition coefficient (Wildman–Crippen LogP) is 2.10. The zero-order valence-corrected chi connectivity index (χ0v) is 10.9. The van der Waals surface area contributed by atoms with E-state index in [9.17, 15) is 0 Å². The van der Waals surface area contributed by atoms with E-state index in [2.05, 4.69) is 9.88 Å². The molecule has 0 atom stereocenters. The average molecular weight is 277 g/mol. The van der Waals surface area contributed by atoms with Gasteiger partial charge in [-0.25, -0.2) is 4.98 Å². The summed E-state index contributed by atoms with van der Waals surface area (Å²) in [4.78, 5) is 6.32. The lowest BCUT2D eigenvalue weighted by atomic mass is 10.4. The van der Waals surface area contributed by atoms with Crippen LogP contribution in [0.4, 0.5) is 0 Å². The van der Waals surface area contributed by atoms with Crippen LogP contribution in [0.5, 0.6) is 5.88 Å². The third-order valence-electron chi connectivity index (χ3n) is 2.56. The second-order valence-corrected chi connectivity index (χ2v) is 4.50. The third-order valence-corrected chi connectivity index (χ3v) is 3.34. The van der Waals surface area contributed by atoms with Crippen molar-refractivity contribution in [2.24, 2.45) is 0 Å². The Morgan fingerprint density at radius 1 is 1.35 bits per heavy atom. The molecule has 6 heteroatoms. The van der Waals surface area contributed by atoms with Crippen molar-refractivity contribution in [3.63, 3.8) is 0 Å². The molecule has 17 heavy (non-hydrogen) atoms. The van der Waals surface area contributed by atoms with Gasteiger partial charge in [-0.2, -0.15) is 0 Å². The number of ether oxygens (including phenoxy) is 2. The van der Waals surface area contributed by atoms with E-state index in [0.29, 0.717) is 22.5 Å². The third kappa shape index (κ3) is 3.71. The molecule has 4 nitrogen and oxygen atoms in total. The molecule has 1 saturated heterocycles. The summed E-state index contributed by atoms with van der Waals surface area (Å²) < 4.78 is 10.8. The number of hydrogen-bond acceptors (Lipinski definition) is 4. The number of rotatable bonds is 4. The molecule has 0 spiro atoms. The molecule has 1 aliphatic rings. The molecular formula is C11H14Cl2N2O2. The van der Waals surface area contributed by atoms with Crippen LogP contribution in [0.1, 0.15) is 0 Å². The maximum atomic E-state index is 5.96. The largest absolute Gasteiger partial charge is 0.475 e. The zero-order valence-electron chi connectivity index (χ0n) is 9.36. The second-order valence-electron chi connectivity index (χ2n) is 3.71. The Morgan fingerprint density at radius 3 is 2.88 bits per heavy atom. The van der Waals surface area contributed by atoms with Gasteiger partial charge in [0, 0.05) is 25.8 Å². The first-order valence-electron chi connectivity index (χ1n) is 5.50. The van der Waals surface area contributed by atoms with Crippen LogP contribution < -0.4 is 4.74 Å². The smallest absolute Gasteiger partial charge is 0.234 e. The van der Waals surface area contributed by atoms with Gasteiger partial charge in [0.25, 0.3) is 0 Å². The summed E-state index contributed by atoms with van der Waals surface area (Å²) in [5.41, 5.74) is 0. The van der Waals surface area contributed by atoms with Gasteiger partial charge in [-0.15, -0.1) is 0 Å². The van der Waals surface area contributed by atoms with E-state index in [4.69, 9.17) is 32.7 Å². The first kappa shape index (κ1) is 12.9. The Hall–Kier alpha value is -0.550. The molecular weight excluding hydrogens is 263 g/mol. The fourth-order valence-corrected chi connectivity index (χ4v) is 1.90. The lowest BCUT2D eigenvalue weighted by molar-refractivity contribution is 0.0320. The van der Waals surface area contributed by atoms with Crippen molar-refractivity contribution in [2.45, 2.75) is 0 Å². The Morgan fingerprint density at radius 2 is 2.12 bits per heavy atom. The lowest BCUT2D eigenvalue weighted by Gasteiger charge is -2.26. The Labute approximate surface area is 110 Å². The molecule has 1 fully saturated rings. The number of nitrogens with zero attached hydrogens (tertiary/aromatic N) is 2. The molecule has 1 aliphatic heterocycles. The Bertz CT molecular complexity index is 370. The highest BCUT2D eigenvalue weighted by Gasteiger charge is 2.11. The topological polar surface area (TPSA) is 34.6 Å². The maximum Gasteiger partial charge on any atom is 0.234 e. The van der Waals surface area contributed by atoms with Gasteiger partial charge >= 0.3 is 0 Å². The summed E-state index contributed by atoms with van der Waals surface area (Å²) in [7, 11) is 0. The van der Waals surface area contributed by atoms with Crippen LogP contribution in [0.15, 0.2) is 12.3 Å². The van der Waals surface area contributed by atoms with Crippen LogP contribution in [-0.2, 0) is 4.74 Å². The first-order chi connectivity index (χ1) is 8.27. The molecule has 0 N–H and O–H groups in total. The monoisotopic (exact) mass is 276 g/mol. The molecule has 2 heterocycles. The van der Waals surface area contributed by atoms with Crippen LogP contribution in [0.2, 0.25) is 10.0 Å². The lowest BCUT2D eigenvalue weighted by Crippen LogP contribution is -2.38. The van der Waals surface area contributed by atoms with E-state index in [-0.39, 0.29) is 0 Å². The van der Waals surface area contributed by atoms with Crippen LogP contribution in [-0.4, -0.2) is 49.3 Å². The minimum Gasteiger partial charge on any atom is -0.475 e. The summed E-state index contributed by atoms with van der Waals surface area (Å²) in [5.74, 6) is 0.396. The van der Waals surface area contributed by atoms with Crippen molar-refractivity contribution in [1.82, 2.24) is 9.88 Å². The van der Waals surface area contributed by atoms with Crippen LogP contribution in [0, 0.1) is 0 Å². The van der Waals surface area contributed by atoms with Gasteiger partial charge in [-0.05, 0) is 6.07 Å². The summed E-state index contributed by atoms with van der Waals surface area (Å²) >= 11 is 11.8. The quantitative estimate of drug-likeness (QED) is 0.844. The molecule has 94 valence electrons. The van der Waals surface area contributed by atoms with Crippen molar-refractivity contribution < 1.29 is 9.47 Å². The Balaban J connectivity index is 1.79. The normalized spacial score (nSPS) is 17.1. The van der Waals surface area contributed by atoms with E-state index in [1.807, 2.05) is 0 Å². The molecule has 0 unspecified atom stereocenters. The fourth-order valence-electron chi connectivity index (χ4n) is 1.60. The van der Waals surface area contributed by atoms with Crippen molar-refractivity contribution in [2.75, 3.05) is 39.5 Å². The van der Waals surface area contributed by atoms with E-state index >= 15 is 0 Å². The van der Waals surface area contributed by atoms with E-state index in [0.717, 1.165) is 32.8 Å². The molecule has 1 aromatic heterocycles. The molecule has 1 aromatic rings. The van der Waals surface area contributed by atoms with Gasteiger partial charge in [0.1, 0.15) is 11.6 Å². The van der Waals surface area contributed by atoms with Crippen molar-refractivity contribution >= 4 is 23.2 Å². The second kappa shape index (κ2) is 6.40. The summed E-state index contributed by atoms with van der Waals surface area (Å²) in [6, 6.07) is 1.64. The maximum absolute atomic E-state index is 5.96. The highest BCUT2D eigenvalue weighted by molar-refractivity contribution is 6.42. The highest BCUT2D eigenvalue weighted by Crippen LogP contribution is 2.28. The van der Waals surface area contributed by atoms with E-state index in [1.54, 1.807) is 12.3 Å². The predicted molar refractivity (Wildman–Crippen MR) is 67.0 cm³/mol. The van der Waals surface area contributed by atoms with Crippen molar-refractivity contribution in [1.29, 1.82) is 0 Å². The van der Waals surface area contributed by atoms with Crippen LogP contribution >= 0.6 is 23.2 Å². The number of hydrogen-bond donors (Lipinski definition) is 0. The molecule has 0 radical (unpaired) electrons. The first-order valence-corrected chi connectivity index (χ1v) is 6.26. The van der Waals surface area contributed by atoms with Gasteiger partial charge in [0.15, 0.2) is 0 Å². The van der Waals surface area contributed by atoms with Crippen LogP contribution in [0.3, 0.4) is 0 Å². The van der Waals surface area contributed by atoms with E-state index < -0.39 is 0 Å². The highest BCUT2D eigenvalue weighted by atomic mass is 35.5. The molecule has 0 amide bonds. The fraction of sp³-hybridized carbons (Fsp3) is 0.545. The van der Waals surface area contributed by atoms with Gasteiger partial charge in [0.2, 0.25) is 5.88 Å².